The molecule has 0 spiro atoms. The quantitative estimate of drug-likeness (QED) is 0.601. The van der Waals surface area contributed by atoms with Gasteiger partial charge in [0.05, 0.1) is 0 Å². The lowest BCUT2D eigenvalue weighted by Crippen LogP contribution is -2.47. The lowest BCUT2D eigenvalue weighted by Gasteiger charge is -2.34. The first-order valence-corrected chi connectivity index (χ1v) is 8.02. The summed E-state index contributed by atoms with van der Waals surface area (Å²) >= 11 is 2.23. The highest BCUT2D eigenvalue weighted by atomic mass is 127. The van der Waals surface area contributed by atoms with E-state index in [9.17, 15) is 0 Å². The van der Waals surface area contributed by atoms with Gasteiger partial charge in [0, 0.05) is 42.1 Å². The van der Waals surface area contributed by atoms with Crippen molar-refractivity contribution in [2.45, 2.75) is 19.3 Å². The van der Waals surface area contributed by atoms with Crippen molar-refractivity contribution in [1.29, 1.82) is 0 Å². The molecule has 1 fully saturated rings. The zero-order chi connectivity index (χ0) is 13.5. The second-order valence-corrected chi connectivity index (χ2v) is 6.12. The molecule has 2 heterocycles. The largest absolute Gasteiger partial charge is 0.338 e. The van der Waals surface area contributed by atoms with Gasteiger partial charge in [-0.2, -0.15) is 0 Å². The van der Waals surface area contributed by atoms with Crippen molar-refractivity contribution in [2.75, 3.05) is 44.2 Å². The van der Waals surface area contributed by atoms with E-state index in [2.05, 4.69) is 42.4 Å². The van der Waals surface area contributed by atoms with Crippen LogP contribution in [0.2, 0.25) is 0 Å². The number of piperazine rings is 1. The third kappa shape index (κ3) is 4.85. The number of unbranched alkanes of at least 4 members (excludes halogenated alkanes) is 2. The van der Waals surface area contributed by atoms with Crippen LogP contribution >= 0.6 is 22.6 Å². The highest BCUT2D eigenvalue weighted by Gasteiger charge is 2.18. The lowest BCUT2D eigenvalue weighted by molar-refractivity contribution is 0.251. The molecular formula is C13H22IN5. The van der Waals surface area contributed by atoms with E-state index in [-0.39, 0.29) is 0 Å². The van der Waals surface area contributed by atoms with Crippen molar-refractivity contribution in [2.24, 2.45) is 5.73 Å². The molecule has 2 rings (SSSR count). The number of aromatic nitrogens is 2. The molecule has 1 aromatic heterocycles. The number of hydrogen-bond acceptors (Lipinski definition) is 5. The van der Waals surface area contributed by atoms with Crippen molar-refractivity contribution < 1.29 is 0 Å². The zero-order valence-corrected chi connectivity index (χ0v) is 13.4. The average Bonchev–Trinajstić information content (AvgIpc) is 2.45. The van der Waals surface area contributed by atoms with Gasteiger partial charge in [-0.25, -0.2) is 9.97 Å². The number of anilines is 1. The lowest BCUT2D eigenvalue weighted by atomic mass is 10.2. The third-order valence-corrected chi connectivity index (χ3v) is 4.00. The number of rotatable bonds is 6. The van der Waals surface area contributed by atoms with Crippen molar-refractivity contribution in [3.05, 3.63) is 16.0 Å². The first kappa shape index (κ1) is 14.9. The molecule has 2 N–H and O–H groups in total. The van der Waals surface area contributed by atoms with Crippen LogP contribution in [0.25, 0.3) is 0 Å². The molecule has 106 valence electrons. The Morgan fingerprint density at radius 1 is 1.05 bits per heavy atom. The van der Waals surface area contributed by atoms with Crippen molar-refractivity contribution in [3.8, 4) is 0 Å². The van der Waals surface area contributed by atoms with Crippen LogP contribution in [-0.4, -0.2) is 54.1 Å². The SMILES string of the molecule is NCCCCCN1CCN(c2ncc(I)cn2)CC1. The molecule has 0 saturated carbocycles. The van der Waals surface area contributed by atoms with Gasteiger partial charge in [0.2, 0.25) is 5.95 Å². The molecule has 0 aliphatic carbocycles. The maximum absolute atomic E-state index is 5.51. The first-order chi connectivity index (χ1) is 9.29. The minimum atomic E-state index is 0.817. The monoisotopic (exact) mass is 375 g/mol. The fraction of sp³-hybridized carbons (Fsp3) is 0.692. The van der Waals surface area contributed by atoms with Crippen LogP contribution < -0.4 is 10.6 Å². The Morgan fingerprint density at radius 3 is 2.37 bits per heavy atom. The molecule has 0 bridgehead atoms. The van der Waals surface area contributed by atoms with E-state index in [1.807, 2.05) is 12.4 Å². The molecule has 19 heavy (non-hydrogen) atoms. The number of nitrogens with two attached hydrogens (primary N) is 1. The van der Waals surface area contributed by atoms with Crippen LogP contribution in [-0.2, 0) is 0 Å². The molecule has 0 amide bonds. The summed E-state index contributed by atoms with van der Waals surface area (Å²) in [4.78, 5) is 13.6. The van der Waals surface area contributed by atoms with E-state index in [1.54, 1.807) is 0 Å². The fourth-order valence-corrected chi connectivity index (χ4v) is 2.58. The van der Waals surface area contributed by atoms with Gasteiger partial charge in [-0.3, -0.25) is 4.90 Å². The molecule has 1 aliphatic heterocycles. The molecule has 1 aromatic rings. The minimum Gasteiger partial charge on any atom is -0.338 e. The van der Waals surface area contributed by atoms with Gasteiger partial charge >= 0.3 is 0 Å². The molecule has 0 aromatic carbocycles. The van der Waals surface area contributed by atoms with E-state index in [0.717, 1.165) is 48.7 Å². The summed E-state index contributed by atoms with van der Waals surface area (Å²) in [6.07, 6.45) is 7.41. The summed E-state index contributed by atoms with van der Waals surface area (Å²) in [7, 11) is 0. The van der Waals surface area contributed by atoms with E-state index in [0.29, 0.717) is 0 Å². The van der Waals surface area contributed by atoms with E-state index in [4.69, 9.17) is 5.73 Å². The van der Waals surface area contributed by atoms with Crippen LogP contribution in [0, 0.1) is 3.57 Å². The van der Waals surface area contributed by atoms with Crippen LogP contribution in [0.4, 0.5) is 5.95 Å². The minimum absolute atomic E-state index is 0.817. The Labute approximate surface area is 128 Å². The van der Waals surface area contributed by atoms with Gasteiger partial charge < -0.3 is 10.6 Å². The van der Waals surface area contributed by atoms with E-state index < -0.39 is 0 Å². The Balaban J connectivity index is 1.71. The van der Waals surface area contributed by atoms with E-state index in [1.165, 1.54) is 19.4 Å². The Bertz CT molecular complexity index is 362. The van der Waals surface area contributed by atoms with Crippen molar-refractivity contribution in [1.82, 2.24) is 14.9 Å². The average molecular weight is 375 g/mol. The standard InChI is InChI=1S/C13H22IN5/c14-12-10-16-13(17-11-12)19-8-6-18(7-9-19)5-3-1-2-4-15/h10-11H,1-9,15H2. The smallest absolute Gasteiger partial charge is 0.225 e. The Kier molecular flexibility index (Phi) is 6.25. The molecule has 0 unspecified atom stereocenters. The predicted octanol–water partition coefficient (Wildman–Crippen LogP) is 1.33. The van der Waals surface area contributed by atoms with Gasteiger partial charge in [-0.05, 0) is 48.5 Å². The maximum Gasteiger partial charge on any atom is 0.225 e. The van der Waals surface area contributed by atoms with Crippen LogP contribution in [0.1, 0.15) is 19.3 Å². The van der Waals surface area contributed by atoms with Crippen LogP contribution in [0.5, 0.6) is 0 Å². The Morgan fingerprint density at radius 2 is 1.74 bits per heavy atom. The summed E-state index contributed by atoms with van der Waals surface area (Å²) in [5.41, 5.74) is 5.51. The topological polar surface area (TPSA) is 58.3 Å². The summed E-state index contributed by atoms with van der Waals surface area (Å²) in [6, 6.07) is 0. The maximum atomic E-state index is 5.51. The predicted molar refractivity (Wildman–Crippen MR) is 86.3 cm³/mol. The first-order valence-electron chi connectivity index (χ1n) is 6.94. The molecule has 0 radical (unpaired) electrons. The molecular weight excluding hydrogens is 353 g/mol. The molecule has 6 heteroatoms. The number of nitrogens with zero attached hydrogens (tertiary/aromatic N) is 4. The zero-order valence-electron chi connectivity index (χ0n) is 11.3. The summed E-state index contributed by atoms with van der Waals surface area (Å²) < 4.78 is 1.08. The second kappa shape index (κ2) is 7.96. The molecule has 0 atom stereocenters. The molecule has 1 saturated heterocycles. The highest BCUT2D eigenvalue weighted by molar-refractivity contribution is 14.1. The molecule has 1 aliphatic rings. The molecule has 5 nitrogen and oxygen atoms in total. The summed E-state index contributed by atoms with van der Waals surface area (Å²) in [6.45, 7) is 6.28. The van der Waals surface area contributed by atoms with Crippen LogP contribution in [0.15, 0.2) is 12.4 Å². The van der Waals surface area contributed by atoms with Gasteiger partial charge in [-0.1, -0.05) is 6.42 Å². The number of halogens is 1. The van der Waals surface area contributed by atoms with E-state index >= 15 is 0 Å². The van der Waals surface area contributed by atoms with Gasteiger partial charge in [0.1, 0.15) is 0 Å². The second-order valence-electron chi connectivity index (χ2n) is 4.88. The van der Waals surface area contributed by atoms with Gasteiger partial charge in [-0.15, -0.1) is 0 Å². The number of hydrogen-bond donors (Lipinski definition) is 1. The third-order valence-electron chi connectivity index (χ3n) is 3.44. The summed E-state index contributed by atoms with van der Waals surface area (Å²) in [5, 5.41) is 0. The fourth-order valence-electron chi connectivity index (χ4n) is 2.30. The highest BCUT2D eigenvalue weighted by Crippen LogP contribution is 2.12. The normalized spacial score (nSPS) is 16.8. The van der Waals surface area contributed by atoms with Gasteiger partial charge in [0.25, 0.3) is 0 Å². The summed E-state index contributed by atoms with van der Waals surface area (Å²) in [5.74, 6) is 0.864. The Hall–Kier alpha value is -0.470. The van der Waals surface area contributed by atoms with Gasteiger partial charge in [0.15, 0.2) is 0 Å². The van der Waals surface area contributed by atoms with Crippen molar-refractivity contribution in [3.63, 3.8) is 0 Å². The van der Waals surface area contributed by atoms with Crippen LogP contribution in [0.3, 0.4) is 0 Å². The van der Waals surface area contributed by atoms with Crippen molar-refractivity contribution >= 4 is 28.5 Å².